The van der Waals surface area contributed by atoms with Gasteiger partial charge in [0.25, 0.3) is 0 Å². The number of hydrogen-bond donors (Lipinski definition) is 0. The molecular formula is C16H27N. The lowest BCUT2D eigenvalue weighted by Gasteiger charge is -2.36. The van der Waals surface area contributed by atoms with E-state index in [4.69, 9.17) is 0 Å². The van der Waals surface area contributed by atoms with Crippen LogP contribution in [0.15, 0.2) is 28.9 Å². The number of rotatable bonds is 2. The maximum Gasteiger partial charge on any atom is 0.0266 e. The molecule has 1 heteroatoms. The Hall–Kier alpha value is -0.850. The summed E-state index contributed by atoms with van der Waals surface area (Å²) in [5.74, 6) is 0.598. The molecule has 96 valence electrons. The summed E-state index contributed by atoms with van der Waals surface area (Å²) in [5, 5.41) is 0. The molecule has 1 rings (SSSR count). The molecule has 0 bridgehead atoms. The highest BCUT2D eigenvalue weighted by Crippen LogP contribution is 2.41. The van der Waals surface area contributed by atoms with Gasteiger partial charge in [-0.15, -0.1) is 0 Å². The van der Waals surface area contributed by atoms with Crippen LogP contribution in [0.5, 0.6) is 0 Å². The molecule has 17 heavy (non-hydrogen) atoms. The second-order valence-corrected chi connectivity index (χ2v) is 7.27. The Bertz CT molecular complexity index is 332. The lowest BCUT2D eigenvalue weighted by molar-refractivity contribution is 0.199. The van der Waals surface area contributed by atoms with Crippen LogP contribution in [-0.2, 0) is 0 Å². The normalized spacial score (nSPS) is 18.8. The van der Waals surface area contributed by atoms with E-state index in [2.05, 4.69) is 58.7 Å². The van der Waals surface area contributed by atoms with Gasteiger partial charge in [-0.2, -0.15) is 0 Å². The Balaban J connectivity index is 2.95. The highest BCUT2D eigenvalue weighted by Gasteiger charge is 2.30. The third-order valence-corrected chi connectivity index (χ3v) is 3.18. The molecule has 0 N–H and O–H groups in total. The fraction of sp³-hybridized carbons (Fsp3) is 0.688. The standard InChI is InChI=1S/C16H27N/c1-15(2,3)12-14(16(4,5)6)13-8-7-10-17-11-9-13/h8-11,14H,7,12H2,1-6H3. The molecule has 1 unspecified atom stereocenters. The molecule has 1 nitrogen and oxygen atoms in total. The van der Waals surface area contributed by atoms with E-state index >= 15 is 0 Å². The van der Waals surface area contributed by atoms with E-state index in [1.54, 1.807) is 0 Å². The summed E-state index contributed by atoms with van der Waals surface area (Å²) >= 11 is 0. The third-order valence-electron chi connectivity index (χ3n) is 3.18. The monoisotopic (exact) mass is 233 g/mol. The summed E-state index contributed by atoms with van der Waals surface area (Å²) < 4.78 is 0. The highest BCUT2D eigenvalue weighted by atomic mass is 14.7. The molecule has 0 spiro atoms. The van der Waals surface area contributed by atoms with E-state index in [0.29, 0.717) is 16.7 Å². The van der Waals surface area contributed by atoms with Crippen molar-refractivity contribution in [3.05, 3.63) is 23.9 Å². The summed E-state index contributed by atoms with van der Waals surface area (Å²) in [4.78, 5) is 4.22. The van der Waals surface area contributed by atoms with Gasteiger partial charge in [0.1, 0.15) is 0 Å². The second-order valence-electron chi connectivity index (χ2n) is 7.27. The first kappa shape index (κ1) is 14.2. The zero-order chi connectivity index (χ0) is 13.1. The minimum absolute atomic E-state index is 0.299. The van der Waals surface area contributed by atoms with Crippen molar-refractivity contribution in [1.29, 1.82) is 0 Å². The van der Waals surface area contributed by atoms with Gasteiger partial charge in [-0.25, -0.2) is 0 Å². The minimum atomic E-state index is 0.299. The number of allylic oxidation sites excluding steroid dienone is 3. The van der Waals surface area contributed by atoms with E-state index in [1.165, 1.54) is 12.0 Å². The summed E-state index contributed by atoms with van der Waals surface area (Å²) in [7, 11) is 0. The molecule has 0 saturated carbocycles. The Labute approximate surface area is 107 Å². The van der Waals surface area contributed by atoms with E-state index in [0.717, 1.165) is 6.42 Å². The van der Waals surface area contributed by atoms with Gasteiger partial charge in [0.2, 0.25) is 0 Å². The first-order valence-corrected chi connectivity index (χ1v) is 6.58. The number of hydrogen-bond acceptors (Lipinski definition) is 1. The Morgan fingerprint density at radius 3 is 2.35 bits per heavy atom. The summed E-state index contributed by atoms with van der Waals surface area (Å²) in [5.41, 5.74) is 2.11. The third kappa shape index (κ3) is 4.89. The van der Waals surface area contributed by atoms with Crippen LogP contribution in [0, 0.1) is 16.7 Å². The molecule has 1 heterocycles. The van der Waals surface area contributed by atoms with Crippen molar-refractivity contribution < 1.29 is 0 Å². The summed E-state index contributed by atoms with van der Waals surface area (Å²) in [6.45, 7) is 14.0. The van der Waals surface area contributed by atoms with E-state index in [-0.39, 0.29) is 0 Å². The first-order valence-electron chi connectivity index (χ1n) is 6.58. The van der Waals surface area contributed by atoms with Crippen molar-refractivity contribution in [3.8, 4) is 0 Å². The van der Waals surface area contributed by atoms with Crippen molar-refractivity contribution in [1.82, 2.24) is 0 Å². The number of aliphatic imine (C=N–C) groups is 1. The van der Waals surface area contributed by atoms with Crippen molar-refractivity contribution in [2.45, 2.75) is 54.4 Å². The van der Waals surface area contributed by atoms with Gasteiger partial charge in [-0.3, -0.25) is 4.99 Å². The quantitative estimate of drug-likeness (QED) is 0.636. The molecule has 1 aliphatic heterocycles. The predicted molar refractivity (Wildman–Crippen MR) is 77.3 cm³/mol. The predicted octanol–water partition coefficient (Wildman–Crippen LogP) is 5.00. The summed E-state index contributed by atoms with van der Waals surface area (Å²) in [6.07, 6.45) is 10.6. The van der Waals surface area contributed by atoms with Crippen LogP contribution >= 0.6 is 0 Å². The zero-order valence-electron chi connectivity index (χ0n) is 12.2. The van der Waals surface area contributed by atoms with Crippen LogP contribution in [-0.4, -0.2) is 6.21 Å². The average Bonchev–Trinajstić information content (AvgIpc) is 2.38. The highest BCUT2D eigenvalue weighted by molar-refractivity contribution is 5.62. The lowest BCUT2D eigenvalue weighted by Crippen LogP contribution is -2.26. The molecule has 0 aromatic rings. The molecule has 0 radical (unpaired) electrons. The molecule has 0 aliphatic carbocycles. The van der Waals surface area contributed by atoms with Gasteiger partial charge in [0, 0.05) is 18.8 Å². The van der Waals surface area contributed by atoms with E-state index in [1.807, 2.05) is 12.4 Å². The largest absolute Gasteiger partial charge is 0.269 e. The van der Waals surface area contributed by atoms with Gasteiger partial charge in [-0.05, 0) is 34.8 Å². The Morgan fingerprint density at radius 1 is 1.18 bits per heavy atom. The van der Waals surface area contributed by atoms with Crippen molar-refractivity contribution in [3.63, 3.8) is 0 Å². The molecule has 0 fully saturated rings. The van der Waals surface area contributed by atoms with Crippen LogP contribution in [0.2, 0.25) is 0 Å². The first-order chi connectivity index (χ1) is 7.70. The molecular weight excluding hydrogens is 206 g/mol. The molecule has 1 aliphatic rings. The van der Waals surface area contributed by atoms with Gasteiger partial charge in [0.15, 0.2) is 0 Å². The number of nitrogens with zero attached hydrogens (tertiary/aromatic N) is 1. The summed E-state index contributed by atoms with van der Waals surface area (Å²) in [6, 6.07) is 0. The van der Waals surface area contributed by atoms with E-state index < -0.39 is 0 Å². The smallest absolute Gasteiger partial charge is 0.0266 e. The van der Waals surface area contributed by atoms with Crippen LogP contribution in [0.4, 0.5) is 0 Å². The van der Waals surface area contributed by atoms with Crippen molar-refractivity contribution >= 4 is 6.21 Å². The lowest BCUT2D eigenvalue weighted by atomic mass is 9.68. The fourth-order valence-corrected chi connectivity index (χ4v) is 2.30. The van der Waals surface area contributed by atoms with Crippen molar-refractivity contribution in [2.24, 2.45) is 21.7 Å². The zero-order valence-corrected chi connectivity index (χ0v) is 12.2. The topological polar surface area (TPSA) is 12.4 Å². The SMILES string of the molecule is CC(C)(C)CC(C1=CCC=NC=C1)C(C)(C)C. The second kappa shape index (κ2) is 5.20. The van der Waals surface area contributed by atoms with Crippen LogP contribution in [0.1, 0.15) is 54.4 Å². The van der Waals surface area contributed by atoms with Gasteiger partial charge in [-0.1, -0.05) is 47.6 Å². The molecule has 1 atom stereocenters. The van der Waals surface area contributed by atoms with Crippen LogP contribution in [0.3, 0.4) is 0 Å². The maximum absolute atomic E-state index is 4.22. The van der Waals surface area contributed by atoms with Crippen molar-refractivity contribution in [2.75, 3.05) is 0 Å². The Morgan fingerprint density at radius 2 is 1.82 bits per heavy atom. The van der Waals surface area contributed by atoms with Crippen LogP contribution in [0.25, 0.3) is 0 Å². The van der Waals surface area contributed by atoms with Crippen LogP contribution < -0.4 is 0 Å². The minimum Gasteiger partial charge on any atom is -0.269 e. The Kier molecular flexibility index (Phi) is 4.35. The molecule has 0 saturated heterocycles. The molecule has 0 amide bonds. The van der Waals surface area contributed by atoms with Gasteiger partial charge >= 0.3 is 0 Å². The fourth-order valence-electron chi connectivity index (χ4n) is 2.30. The molecule has 0 aromatic carbocycles. The van der Waals surface area contributed by atoms with Gasteiger partial charge in [0.05, 0.1) is 0 Å². The maximum atomic E-state index is 4.22. The van der Waals surface area contributed by atoms with Gasteiger partial charge < -0.3 is 0 Å². The average molecular weight is 233 g/mol. The van der Waals surface area contributed by atoms with E-state index in [9.17, 15) is 0 Å². The molecule has 0 aromatic heterocycles.